The average Bonchev–Trinajstić information content (AvgIpc) is 2.82. The van der Waals surface area contributed by atoms with E-state index in [1.807, 2.05) is 61.5 Å². The minimum atomic E-state index is -0.587. The number of hydrogen-bond acceptors (Lipinski definition) is 2. The summed E-state index contributed by atoms with van der Waals surface area (Å²) < 4.78 is 0.977. The molecule has 0 heterocycles. The van der Waals surface area contributed by atoms with E-state index in [4.69, 9.17) is 0 Å². The van der Waals surface area contributed by atoms with E-state index in [0.717, 1.165) is 21.2 Å². The first kappa shape index (κ1) is 23.7. The highest BCUT2D eigenvalue weighted by atomic mass is 79.9. The van der Waals surface area contributed by atoms with Crippen molar-refractivity contribution in [2.45, 2.75) is 38.8 Å². The van der Waals surface area contributed by atoms with Crippen LogP contribution in [-0.4, -0.2) is 29.8 Å². The third-order valence-corrected chi connectivity index (χ3v) is 6.06. The molecule has 0 spiro atoms. The van der Waals surface area contributed by atoms with Crippen LogP contribution in [0.1, 0.15) is 28.7 Å². The summed E-state index contributed by atoms with van der Waals surface area (Å²) in [6.07, 6.45) is 1.46. The number of likely N-dealkylation sites (N-methyl/N-ethyl adjacent to an activating group) is 1. The largest absolute Gasteiger partial charge is 0.357 e. The molecule has 3 aromatic carbocycles. The molecule has 1 atom stereocenters. The summed E-state index contributed by atoms with van der Waals surface area (Å²) in [5.74, 6) is -0.187. The van der Waals surface area contributed by atoms with Gasteiger partial charge in [-0.2, -0.15) is 0 Å². The highest BCUT2D eigenvalue weighted by molar-refractivity contribution is 9.10. The van der Waals surface area contributed by atoms with E-state index in [-0.39, 0.29) is 11.8 Å². The van der Waals surface area contributed by atoms with Crippen molar-refractivity contribution in [1.29, 1.82) is 0 Å². The first-order valence-corrected chi connectivity index (χ1v) is 11.6. The molecule has 0 bridgehead atoms. The number of carbonyl (C=O) groups is 2. The first-order valence-electron chi connectivity index (χ1n) is 10.8. The van der Waals surface area contributed by atoms with Gasteiger partial charge in [0.05, 0.1) is 0 Å². The number of amides is 2. The molecule has 1 unspecified atom stereocenters. The molecule has 32 heavy (non-hydrogen) atoms. The number of halogens is 1. The molecular formula is C27H29BrN2O2. The molecule has 0 radical (unpaired) electrons. The van der Waals surface area contributed by atoms with E-state index >= 15 is 0 Å². The molecule has 4 nitrogen and oxygen atoms in total. The second kappa shape index (κ2) is 11.6. The van der Waals surface area contributed by atoms with E-state index in [9.17, 15) is 9.59 Å². The lowest BCUT2D eigenvalue weighted by Gasteiger charge is -2.31. The van der Waals surface area contributed by atoms with Gasteiger partial charge in [-0.3, -0.25) is 9.59 Å². The molecule has 0 aliphatic heterocycles. The lowest BCUT2D eigenvalue weighted by atomic mass is 10.0. The van der Waals surface area contributed by atoms with Crippen LogP contribution in [0.15, 0.2) is 83.3 Å². The number of benzene rings is 3. The fourth-order valence-electron chi connectivity index (χ4n) is 3.66. The lowest BCUT2D eigenvalue weighted by Crippen LogP contribution is -2.49. The lowest BCUT2D eigenvalue weighted by molar-refractivity contribution is -0.141. The van der Waals surface area contributed by atoms with Crippen LogP contribution in [-0.2, 0) is 29.0 Å². The van der Waals surface area contributed by atoms with Crippen molar-refractivity contribution in [1.82, 2.24) is 10.2 Å². The summed E-state index contributed by atoms with van der Waals surface area (Å²) in [6.45, 7) is 2.43. The molecule has 3 aromatic rings. The van der Waals surface area contributed by atoms with Gasteiger partial charge in [0.2, 0.25) is 11.8 Å². The quantitative estimate of drug-likeness (QED) is 0.452. The topological polar surface area (TPSA) is 49.4 Å². The standard InChI is InChI=1S/C27H29BrN2O2/c1-20-8-10-21(11-9-20)14-17-26(31)30(19-23-12-15-24(28)16-13-23)25(27(32)29-2)18-22-6-4-3-5-7-22/h3-13,15-16,25H,14,17-19H2,1-2H3,(H,29,32). The van der Waals surface area contributed by atoms with Crippen molar-refractivity contribution in [3.63, 3.8) is 0 Å². The van der Waals surface area contributed by atoms with Crippen molar-refractivity contribution in [3.8, 4) is 0 Å². The molecule has 0 fully saturated rings. The fourth-order valence-corrected chi connectivity index (χ4v) is 3.92. The number of hydrogen-bond donors (Lipinski definition) is 1. The molecule has 2 amide bonds. The van der Waals surface area contributed by atoms with Crippen LogP contribution in [0.2, 0.25) is 0 Å². The van der Waals surface area contributed by atoms with Gasteiger partial charge in [-0.25, -0.2) is 0 Å². The first-order chi connectivity index (χ1) is 15.5. The Morgan fingerprint density at radius 2 is 1.50 bits per heavy atom. The zero-order valence-corrected chi connectivity index (χ0v) is 20.1. The van der Waals surface area contributed by atoms with Crippen LogP contribution in [0.3, 0.4) is 0 Å². The van der Waals surface area contributed by atoms with Crippen LogP contribution < -0.4 is 5.32 Å². The maximum atomic E-state index is 13.4. The van der Waals surface area contributed by atoms with Crippen LogP contribution in [0.4, 0.5) is 0 Å². The Balaban J connectivity index is 1.85. The second-order valence-corrected chi connectivity index (χ2v) is 8.87. The SMILES string of the molecule is CNC(=O)C(Cc1ccccc1)N(Cc1ccc(Br)cc1)C(=O)CCc1ccc(C)cc1. The second-order valence-electron chi connectivity index (χ2n) is 7.95. The number of nitrogens with one attached hydrogen (secondary N) is 1. The van der Waals surface area contributed by atoms with Gasteiger partial charge in [0.25, 0.3) is 0 Å². The minimum Gasteiger partial charge on any atom is -0.357 e. The van der Waals surface area contributed by atoms with Gasteiger partial charge in [-0.05, 0) is 42.2 Å². The maximum absolute atomic E-state index is 13.4. The van der Waals surface area contributed by atoms with E-state index in [1.54, 1.807) is 11.9 Å². The number of aryl methyl sites for hydroxylation is 2. The van der Waals surface area contributed by atoms with Gasteiger partial charge in [0.1, 0.15) is 6.04 Å². The average molecular weight is 493 g/mol. The Labute approximate surface area is 198 Å². The minimum absolute atomic E-state index is 0.0296. The van der Waals surface area contributed by atoms with E-state index < -0.39 is 6.04 Å². The number of nitrogens with zero attached hydrogens (tertiary/aromatic N) is 1. The molecule has 0 aliphatic rings. The van der Waals surface area contributed by atoms with Gasteiger partial charge in [-0.1, -0.05) is 88.2 Å². The fraction of sp³-hybridized carbons (Fsp3) is 0.259. The van der Waals surface area contributed by atoms with Gasteiger partial charge >= 0.3 is 0 Å². The summed E-state index contributed by atoms with van der Waals surface area (Å²) >= 11 is 3.46. The normalized spacial score (nSPS) is 11.6. The van der Waals surface area contributed by atoms with Crippen LogP contribution >= 0.6 is 15.9 Å². The van der Waals surface area contributed by atoms with Crippen LogP contribution in [0.5, 0.6) is 0 Å². The van der Waals surface area contributed by atoms with Gasteiger partial charge in [0, 0.05) is 30.9 Å². The van der Waals surface area contributed by atoms with Gasteiger partial charge in [-0.15, -0.1) is 0 Å². The monoisotopic (exact) mass is 492 g/mol. The van der Waals surface area contributed by atoms with Gasteiger partial charge < -0.3 is 10.2 Å². The molecule has 1 N–H and O–H groups in total. The molecule has 166 valence electrons. The van der Waals surface area contributed by atoms with Crippen LogP contribution in [0.25, 0.3) is 0 Å². The smallest absolute Gasteiger partial charge is 0.242 e. The molecule has 0 aromatic heterocycles. The van der Waals surface area contributed by atoms with Crippen molar-refractivity contribution < 1.29 is 9.59 Å². The molecular weight excluding hydrogens is 464 g/mol. The van der Waals surface area contributed by atoms with E-state index in [2.05, 4.69) is 45.5 Å². The Bertz CT molecular complexity index is 1020. The van der Waals surface area contributed by atoms with Crippen molar-refractivity contribution in [2.75, 3.05) is 7.05 Å². The van der Waals surface area contributed by atoms with Crippen molar-refractivity contribution >= 4 is 27.7 Å². The number of carbonyl (C=O) groups excluding carboxylic acids is 2. The molecule has 0 aliphatic carbocycles. The summed E-state index contributed by atoms with van der Waals surface area (Å²) in [4.78, 5) is 28.1. The van der Waals surface area contributed by atoms with E-state index in [1.165, 1.54) is 5.56 Å². The number of rotatable bonds is 9. The predicted molar refractivity (Wildman–Crippen MR) is 132 cm³/mol. The molecule has 0 saturated carbocycles. The molecule has 3 rings (SSSR count). The summed E-state index contributed by atoms with van der Waals surface area (Å²) in [7, 11) is 1.62. The van der Waals surface area contributed by atoms with Crippen molar-refractivity contribution in [3.05, 3.63) is 106 Å². The molecule has 5 heteroatoms. The Morgan fingerprint density at radius 1 is 0.875 bits per heavy atom. The zero-order chi connectivity index (χ0) is 22.9. The Kier molecular flexibility index (Phi) is 8.63. The van der Waals surface area contributed by atoms with Gasteiger partial charge in [0.15, 0.2) is 0 Å². The van der Waals surface area contributed by atoms with Crippen molar-refractivity contribution in [2.24, 2.45) is 0 Å². The van der Waals surface area contributed by atoms with E-state index in [0.29, 0.717) is 25.8 Å². The maximum Gasteiger partial charge on any atom is 0.242 e. The highest BCUT2D eigenvalue weighted by Gasteiger charge is 2.29. The zero-order valence-electron chi connectivity index (χ0n) is 18.6. The van der Waals surface area contributed by atoms with Crippen LogP contribution in [0, 0.1) is 6.92 Å². The highest BCUT2D eigenvalue weighted by Crippen LogP contribution is 2.18. The molecule has 0 saturated heterocycles. The third-order valence-electron chi connectivity index (χ3n) is 5.53. The Hall–Kier alpha value is -2.92. The Morgan fingerprint density at radius 3 is 2.12 bits per heavy atom. The summed E-state index contributed by atoms with van der Waals surface area (Å²) in [6, 6.07) is 25.3. The third kappa shape index (κ3) is 6.79. The summed E-state index contributed by atoms with van der Waals surface area (Å²) in [5.41, 5.74) is 4.32. The predicted octanol–water partition coefficient (Wildman–Crippen LogP) is 5.08. The summed E-state index contributed by atoms with van der Waals surface area (Å²) in [5, 5.41) is 2.76.